The summed E-state index contributed by atoms with van der Waals surface area (Å²) in [6, 6.07) is 10.7. The Hall–Kier alpha value is -1.08. The molecular formula is C13H12ClF. The van der Waals surface area contributed by atoms with Crippen molar-refractivity contribution in [2.75, 3.05) is 0 Å². The van der Waals surface area contributed by atoms with Crippen molar-refractivity contribution in [1.29, 1.82) is 0 Å². The highest BCUT2D eigenvalue weighted by Crippen LogP contribution is 2.31. The van der Waals surface area contributed by atoms with Crippen LogP contribution in [0.4, 0.5) is 4.39 Å². The summed E-state index contributed by atoms with van der Waals surface area (Å²) in [5, 5.41) is 1.52. The van der Waals surface area contributed by atoms with Crippen molar-refractivity contribution in [2.24, 2.45) is 0 Å². The molecule has 0 heterocycles. The number of alkyl halides is 1. The van der Waals surface area contributed by atoms with E-state index in [0.29, 0.717) is 5.39 Å². The van der Waals surface area contributed by atoms with Gasteiger partial charge in [0.2, 0.25) is 0 Å². The van der Waals surface area contributed by atoms with E-state index >= 15 is 0 Å². The number of hydrogen-bond donors (Lipinski definition) is 0. The van der Waals surface area contributed by atoms with Crippen molar-refractivity contribution in [1.82, 2.24) is 0 Å². The molecule has 2 aromatic carbocycles. The summed E-state index contributed by atoms with van der Waals surface area (Å²) >= 11 is 6.20. The summed E-state index contributed by atoms with van der Waals surface area (Å²) in [4.78, 5) is 0. The Balaban J connectivity index is 2.71. The molecule has 0 aliphatic rings. The summed E-state index contributed by atoms with van der Waals surface area (Å²) in [5.74, 6) is -0.186. The molecule has 1 unspecified atom stereocenters. The first kappa shape index (κ1) is 10.4. The minimum atomic E-state index is -0.186. The number of rotatable bonds is 2. The first-order valence-electron chi connectivity index (χ1n) is 5.05. The minimum absolute atomic E-state index is 0.0458. The number of fused-ring (bicyclic) bond motifs is 1. The quantitative estimate of drug-likeness (QED) is 0.648. The monoisotopic (exact) mass is 222 g/mol. The van der Waals surface area contributed by atoms with Crippen LogP contribution in [0.3, 0.4) is 0 Å². The van der Waals surface area contributed by atoms with Gasteiger partial charge in [-0.1, -0.05) is 37.3 Å². The number of halogens is 2. The van der Waals surface area contributed by atoms with E-state index in [1.54, 1.807) is 12.1 Å². The first-order chi connectivity index (χ1) is 7.24. The Morgan fingerprint density at radius 1 is 1.13 bits per heavy atom. The van der Waals surface area contributed by atoms with Crippen LogP contribution in [0.1, 0.15) is 24.3 Å². The van der Waals surface area contributed by atoms with E-state index in [2.05, 4.69) is 0 Å². The molecule has 2 rings (SSSR count). The summed E-state index contributed by atoms with van der Waals surface area (Å²) < 4.78 is 13.5. The molecular weight excluding hydrogens is 211 g/mol. The van der Waals surface area contributed by atoms with Crippen LogP contribution in [-0.4, -0.2) is 0 Å². The molecule has 0 aliphatic carbocycles. The molecule has 0 N–H and O–H groups in total. The molecule has 2 heteroatoms. The topological polar surface area (TPSA) is 0 Å². The van der Waals surface area contributed by atoms with E-state index in [4.69, 9.17) is 11.6 Å². The summed E-state index contributed by atoms with van der Waals surface area (Å²) in [6.45, 7) is 2.02. The Labute approximate surface area is 93.7 Å². The second-order valence-corrected chi connectivity index (χ2v) is 4.08. The molecule has 0 nitrogen and oxygen atoms in total. The van der Waals surface area contributed by atoms with Crippen molar-refractivity contribution < 1.29 is 4.39 Å². The minimum Gasteiger partial charge on any atom is -0.206 e. The molecule has 78 valence electrons. The summed E-state index contributed by atoms with van der Waals surface area (Å²) in [6.07, 6.45) is 0.844. The van der Waals surface area contributed by atoms with Gasteiger partial charge >= 0.3 is 0 Å². The number of hydrogen-bond acceptors (Lipinski definition) is 0. The van der Waals surface area contributed by atoms with Crippen molar-refractivity contribution in [3.05, 3.63) is 47.8 Å². The highest BCUT2D eigenvalue weighted by molar-refractivity contribution is 6.21. The maximum Gasteiger partial charge on any atom is 0.131 e. The molecule has 15 heavy (non-hydrogen) atoms. The van der Waals surface area contributed by atoms with Crippen LogP contribution in [0, 0.1) is 5.82 Å². The Morgan fingerprint density at radius 3 is 2.47 bits per heavy atom. The molecule has 0 aliphatic heterocycles. The molecule has 0 saturated heterocycles. The van der Waals surface area contributed by atoms with Gasteiger partial charge in [-0.2, -0.15) is 0 Å². The molecule has 0 aromatic heterocycles. The van der Waals surface area contributed by atoms with Gasteiger partial charge in [0.1, 0.15) is 5.82 Å². The largest absolute Gasteiger partial charge is 0.206 e. The van der Waals surface area contributed by atoms with Gasteiger partial charge in [0.15, 0.2) is 0 Å². The van der Waals surface area contributed by atoms with Gasteiger partial charge < -0.3 is 0 Å². The highest BCUT2D eigenvalue weighted by atomic mass is 35.5. The van der Waals surface area contributed by atoms with Crippen LogP contribution in [-0.2, 0) is 0 Å². The second-order valence-electron chi connectivity index (χ2n) is 3.56. The SMILES string of the molecule is CCC(Cl)c1ccc(F)c2ccccc12. The Kier molecular flexibility index (Phi) is 2.92. The summed E-state index contributed by atoms with van der Waals surface area (Å²) in [7, 11) is 0. The molecule has 0 saturated carbocycles. The fraction of sp³-hybridized carbons (Fsp3) is 0.231. The van der Waals surface area contributed by atoms with E-state index in [1.165, 1.54) is 6.07 Å². The van der Waals surface area contributed by atoms with Crippen molar-refractivity contribution >= 4 is 22.4 Å². The van der Waals surface area contributed by atoms with Gasteiger partial charge in [0, 0.05) is 5.39 Å². The fourth-order valence-electron chi connectivity index (χ4n) is 1.78. The zero-order chi connectivity index (χ0) is 10.8. The molecule has 1 atom stereocenters. The van der Waals surface area contributed by atoms with Crippen molar-refractivity contribution in [3.8, 4) is 0 Å². The Morgan fingerprint density at radius 2 is 1.80 bits per heavy atom. The van der Waals surface area contributed by atoms with Gasteiger partial charge in [0.25, 0.3) is 0 Å². The van der Waals surface area contributed by atoms with Gasteiger partial charge in [-0.25, -0.2) is 4.39 Å². The van der Waals surface area contributed by atoms with E-state index in [0.717, 1.165) is 17.4 Å². The lowest BCUT2D eigenvalue weighted by atomic mass is 10.0. The zero-order valence-corrected chi connectivity index (χ0v) is 9.26. The lowest BCUT2D eigenvalue weighted by Gasteiger charge is -2.11. The zero-order valence-electron chi connectivity index (χ0n) is 8.50. The normalized spacial score (nSPS) is 13.0. The lowest BCUT2D eigenvalue weighted by molar-refractivity contribution is 0.639. The van der Waals surface area contributed by atoms with Crippen LogP contribution in [0.2, 0.25) is 0 Å². The second kappa shape index (κ2) is 4.19. The van der Waals surface area contributed by atoms with E-state index in [9.17, 15) is 4.39 Å². The Bertz CT molecular complexity index is 479. The van der Waals surface area contributed by atoms with Gasteiger partial charge in [-0.15, -0.1) is 11.6 Å². The predicted molar refractivity (Wildman–Crippen MR) is 62.8 cm³/mol. The third-order valence-electron chi connectivity index (χ3n) is 2.60. The lowest BCUT2D eigenvalue weighted by Crippen LogP contribution is -1.91. The van der Waals surface area contributed by atoms with Crippen molar-refractivity contribution in [2.45, 2.75) is 18.7 Å². The van der Waals surface area contributed by atoms with Crippen LogP contribution in [0.15, 0.2) is 36.4 Å². The predicted octanol–water partition coefficient (Wildman–Crippen LogP) is 4.67. The van der Waals surface area contributed by atoms with Gasteiger partial charge in [-0.05, 0) is 23.4 Å². The third kappa shape index (κ3) is 1.84. The molecule has 0 amide bonds. The van der Waals surface area contributed by atoms with Gasteiger partial charge in [0.05, 0.1) is 5.38 Å². The van der Waals surface area contributed by atoms with Crippen LogP contribution in [0.5, 0.6) is 0 Å². The fourth-order valence-corrected chi connectivity index (χ4v) is 1.97. The third-order valence-corrected chi connectivity index (χ3v) is 3.14. The molecule has 0 fully saturated rings. The average molecular weight is 223 g/mol. The highest BCUT2D eigenvalue weighted by Gasteiger charge is 2.11. The molecule has 2 aromatic rings. The maximum atomic E-state index is 13.5. The smallest absolute Gasteiger partial charge is 0.131 e. The van der Waals surface area contributed by atoms with E-state index < -0.39 is 0 Å². The van der Waals surface area contributed by atoms with Crippen molar-refractivity contribution in [3.63, 3.8) is 0 Å². The van der Waals surface area contributed by atoms with Crippen LogP contribution in [0.25, 0.3) is 10.8 Å². The summed E-state index contributed by atoms with van der Waals surface area (Å²) in [5.41, 5.74) is 1.01. The molecule has 0 spiro atoms. The van der Waals surface area contributed by atoms with Crippen LogP contribution >= 0.6 is 11.6 Å². The first-order valence-corrected chi connectivity index (χ1v) is 5.49. The standard InChI is InChI=1S/C13H12ClF/c1-2-12(14)10-7-8-13(15)11-6-4-3-5-9(10)11/h3-8,12H,2H2,1H3. The van der Waals surface area contributed by atoms with E-state index in [-0.39, 0.29) is 11.2 Å². The van der Waals surface area contributed by atoms with Gasteiger partial charge in [-0.3, -0.25) is 0 Å². The average Bonchev–Trinajstić information content (AvgIpc) is 2.29. The molecule has 0 radical (unpaired) electrons. The molecule has 0 bridgehead atoms. The van der Waals surface area contributed by atoms with Crippen LogP contribution < -0.4 is 0 Å². The maximum absolute atomic E-state index is 13.5. The number of benzene rings is 2. The van der Waals surface area contributed by atoms with E-state index in [1.807, 2.05) is 25.1 Å².